The number of nitrogens with zero attached hydrogens (tertiary/aromatic N) is 2. The number of hydrogen-bond donors (Lipinski definition) is 2. The fraction of sp³-hybridized carbons (Fsp3) is 1.00. The molecule has 0 aliphatic heterocycles. The zero-order valence-corrected chi connectivity index (χ0v) is 15.9. The van der Waals surface area contributed by atoms with Crippen molar-refractivity contribution in [2.24, 2.45) is 5.73 Å². The first-order valence-corrected chi connectivity index (χ1v) is 10.2. The van der Waals surface area contributed by atoms with Crippen molar-refractivity contribution < 1.29 is 0 Å². The van der Waals surface area contributed by atoms with E-state index in [9.17, 15) is 0 Å². The second-order valence-electron chi connectivity index (χ2n) is 5.82. The standard InChI is InChI=1S/C12H32N4S.C3H8/c1-6-17(5,12-15(2)3)14-9-11-16(4)10-7-8-13;1-3-2/h14H,6-13H2,1-5H3;3H2,1-2H3. The third-order valence-corrected chi connectivity index (χ3v) is 6.13. The lowest BCUT2D eigenvalue weighted by Gasteiger charge is -2.38. The smallest absolute Gasteiger partial charge is 0.0393 e. The first-order valence-electron chi connectivity index (χ1n) is 7.86. The Labute approximate surface area is 129 Å². The molecule has 0 aromatic heterocycles. The van der Waals surface area contributed by atoms with E-state index in [0.29, 0.717) is 0 Å². The van der Waals surface area contributed by atoms with Gasteiger partial charge >= 0.3 is 0 Å². The van der Waals surface area contributed by atoms with Crippen LogP contribution in [-0.2, 0) is 0 Å². The number of nitrogens with two attached hydrogens (primary N) is 1. The van der Waals surface area contributed by atoms with Crippen LogP contribution in [-0.4, -0.2) is 75.0 Å². The SMILES string of the molecule is CCC.CCS(C)(CN(C)C)NCCN(C)CCCN. The van der Waals surface area contributed by atoms with Crippen LogP contribution in [0.5, 0.6) is 0 Å². The van der Waals surface area contributed by atoms with Gasteiger partial charge in [-0.05, 0) is 52.7 Å². The number of rotatable bonds is 10. The van der Waals surface area contributed by atoms with Crippen molar-refractivity contribution in [3.05, 3.63) is 0 Å². The van der Waals surface area contributed by atoms with Crippen molar-refractivity contribution in [3.63, 3.8) is 0 Å². The molecule has 0 heterocycles. The van der Waals surface area contributed by atoms with Crippen LogP contribution in [0.25, 0.3) is 0 Å². The molecule has 0 saturated heterocycles. The predicted octanol–water partition coefficient (Wildman–Crippen LogP) is 2.16. The summed E-state index contributed by atoms with van der Waals surface area (Å²) in [6, 6.07) is 0. The minimum absolute atomic E-state index is 0.668. The monoisotopic (exact) mass is 308 g/mol. The van der Waals surface area contributed by atoms with Gasteiger partial charge in [0.2, 0.25) is 0 Å². The van der Waals surface area contributed by atoms with Crippen molar-refractivity contribution in [3.8, 4) is 0 Å². The quantitative estimate of drug-likeness (QED) is 0.649. The first-order chi connectivity index (χ1) is 9.35. The normalized spacial score (nSPS) is 15.7. The minimum Gasteiger partial charge on any atom is -0.330 e. The van der Waals surface area contributed by atoms with E-state index in [1.165, 1.54) is 12.2 Å². The van der Waals surface area contributed by atoms with E-state index >= 15 is 0 Å². The van der Waals surface area contributed by atoms with E-state index in [4.69, 9.17) is 5.73 Å². The van der Waals surface area contributed by atoms with Crippen molar-refractivity contribution in [2.45, 2.75) is 33.6 Å². The van der Waals surface area contributed by atoms with Gasteiger partial charge in [0.15, 0.2) is 0 Å². The molecule has 3 N–H and O–H groups in total. The summed E-state index contributed by atoms with van der Waals surface area (Å²) in [6.07, 6.45) is 4.72. The minimum atomic E-state index is -0.668. The van der Waals surface area contributed by atoms with Crippen molar-refractivity contribution >= 4 is 10.2 Å². The van der Waals surface area contributed by atoms with Gasteiger partial charge < -0.3 is 15.5 Å². The van der Waals surface area contributed by atoms with E-state index in [1.54, 1.807) is 0 Å². The second kappa shape index (κ2) is 14.1. The molecular formula is C15H40N4S. The molecule has 0 fully saturated rings. The lowest BCUT2D eigenvalue weighted by atomic mass is 10.4. The highest BCUT2D eigenvalue weighted by Crippen LogP contribution is 2.38. The first kappa shape index (κ1) is 22.5. The maximum Gasteiger partial charge on any atom is 0.0393 e. The molecule has 1 atom stereocenters. The molecule has 1 unspecified atom stereocenters. The Hall–Kier alpha value is 0.190. The average molecular weight is 309 g/mol. The Balaban J connectivity index is 0. The van der Waals surface area contributed by atoms with Crippen LogP contribution < -0.4 is 10.5 Å². The molecule has 0 aliphatic rings. The highest BCUT2D eigenvalue weighted by molar-refractivity contribution is 8.31. The Bertz CT molecular complexity index is 202. The largest absolute Gasteiger partial charge is 0.330 e. The molecule has 0 aromatic rings. The van der Waals surface area contributed by atoms with Crippen LogP contribution in [0.2, 0.25) is 0 Å². The molecule has 0 amide bonds. The lowest BCUT2D eigenvalue weighted by molar-refractivity contribution is 0.337. The molecule has 4 nitrogen and oxygen atoms in total. The van der Waals surface area contributed by atoms with Gasteiger partial charge in [0, 0.05) is 19.0 Å². The van der Waals surface area contributed by atoms with Crippen LogP contribution in [0.4, 0.5) is 0 Å². The van der Waals surface area contributed by atoms with Gasteiger partial charge in [-0.25, -0.2) is 0 Å². The highest BCUT2D eigenvalue weighted by Gasteiger charge is 2.15. The van der Waals surface area contributed by atoms with Crippen molar-refractivity contribution in [1.82, 2.24) is 14.5 Å². The molecule has 0 aromatic carbocycles. The Kier molecular flexibility index (Phi) is 15.9. The van der Waals surface area contributed by atoms with Crippen LogP contribution in [0.3, 0.4) is 0 Å². The fourth-order valence-corrected chi connectivity index (χ4v) is 3.97. The van der Waals surface area contributed by atoms with Gasteiger partial charge in [-0.15, -0.1) is 0 Å². The summed E-state index contributed by atoms with van der Waals surface area (Å²) in [5.41, 5.74) is 5.51. The molecule has 0 radical (unpaired) electrons. The lowest BCUT2D eigenvalue weighted by Crippen LogP contribution is -2.36. The van der Waals surface area contributed by atoms with Gasteiger partial charge in [-0.1, -0.05) is 27.2 Å². The molecule has 0 bridgehead atoms. The third-order valence-electron chi connectivity index (χ3n) is 2.87. The summed E-state index contributed by atoms with van der Waals surface area (Å²) in [4.78, 5) is 4.63. The molecular weight excluding hydrogens is 268 g/mol. The molecule has 0 rings (SSSR count). The van der Waals surface area contributed by atoms with Gasteiger partial charge in [0.1, 0.15) is 0 Å². The second-order valence-corrected chi connectivity index (χ2v) is 9.49. The third kappa shape index (κ3) is 14.6. The summed E-state index contributed by atoms with van der Waals surface area (Å²) in [5, 5.41) is 0. The molecule has 0 saturated carbocycles. The Morgan fingerprint density at radius 1 is 1.05 bits per heavy atom. The topological polar surface area (TPSA) is 44.5 Å². The Morgan fingerprint density at radius 2 is 1.60 bits per heavy atom. The van der Waals surface area contributed by atoms with Crippen LogP contribution in [0.1, 0.15) is 33.6 Å². The zero-order chi connectivity index (χ0) is 16.0. The van der Waals surface area contributed by atoms with E-state index < -0.39 is 10.2 Å². The molecule has 0 aliphatic carbocycles. The van der Waals surface area contributed by atoms with Gasteiger partial charge in [0.25, 0.3) is 0 Å². The summed E-state index contributed by atoms with van der Waals surface area (Å²) >= 11 is 0. The summed E-state index contributed by atoms with van der Waals surface area (Å²) < 4.78 is 3.75. The summed E-state index contributed by atoms with van der Waals surface area (Å²) in [7, 11) is 5.80. The highest BCUT2D eigenvalue weighted by atomic mass is 32.3. The fourth-order valence-electron chi connectivity index (χ4n) is 1.76. The predicted molar refractivity (Wildman–Crippen MR) is 97.7 cm³/mol. The van der Waals surface area contributed by atoms with E-state index in [0.717, 1.165) is 38.5 Å². The average Bonchev–Trinajstić information content (AvgIpc) is 2.36. The Morgan fingerprint density at radius 3 is 2.00 bits per heavy atom. The summed E-state index contributed by atoms with van der Waals surface area (Å²) in [6.45, 7) is 10.6. The zero-order valence-electron chi connectivity index (χ0n) is 15.0. The van der Waals surface area contributed by atoms with E-state index in [1.807, 2.05) is 0 Å². The maximum atomic E-state index is 5.51. The number of nitrogens with one attached hydrogen (secondary N) is 1. The van der Waals surface area contributed by atoms with Crippen LogP contribution in [0.15, 0.2) is 0 Å². The van der Waals surface area contributed by atoms with Crippen LogP contribution in [0, 0.1) is 0 Å². The van der Waals surface area contributed by atoms with Gasteiger partial charge in [-0.3, -0.25) is 4.72 Å². The molecule has 20 heavy (non-hydrogen) atoms. The summed E-state index contributed by atoms with van der Waals surface area (Å²) in [5.74, 6) is 2.40. The van der Waals surface area contributed by atoms with Crippen LogP contribution >= 0.6 is 10.2 Å². The molecule has 0 spiro atoms. The maximum absolute atomic E-state index is 5.51. The van der Waals surface area contributed by atoms with Gasteiger partial charge in [0.05, 0.1) is 0 Å². The molecule has 126 valence electrons. The molecule has 5 heteroatoms. The van der Waals surface area contributed by atoms with Crippen molar-refractivity contribution in [2.75, 3.05) is 65.2 Å². The number of likely N-dealkylation sites (N-methyl/N-ethyl adjacent to an activating group) is 1. The number of hydrogen-bond acceptors (Lipinski definition) is 4. The van der Waals surface area contributed by atoms with Gasteiger partial charge in [-0.2, -0.15) is 10.2 Å². The van der Waals surface area contributed by atoms with Crippen molar-refractivity contribution in [1.29, 1.82) is 0 Å². The van der Waals surface area contributed by atoms with E-state index in [-0.39, 0.29) is 0 Å². The van der Waals surface area contributed by atoms with E-state index in [2.05, 4.69) is 62.7 Å².